The minimum Gasteiger partial charge on any atom is -0.504 e. The van der Waals surface area contributed by atoms with E-state index in [9.17, 15) is 19.1 Å². The minimum atomic E-state index is -1.03. The number of fused-ring (bicyclic) bond motifs is 1. The monoisotopic (exact) mass is 472 g/mol. The number of nitrogens with zero attached hydrogens (tertiary/aromatic N) is 2. The number of hydrogen-bond acceptors (Lipinski definition) is 6. The molecule has 1 aromatic carbocycles. The molecular weight excluding hydrogens is 451 g/mol. The molecule has 1 aliphatic rings. The highest BCUT2D eigenvalue weighted by Gasteiger charge is 2.24. The van der Waals surface area contributed by atoms with Gasteiger partial charge in [0.2, 0.25) is 0 Å². The van der Waals surface area contributed by atoms with Crippen LogP contribution in [0.15, 0.2) is 30.5 Å². The molecule has 0 aliphatic heterocycles. The van der Waals surface area contributed by atoms with Gasteiger partial charge in [-0.15, -0.1) is 0 Å². The van der Waals surface area contributed by atoms with Crippen molar-refractivity contribution in [2.24, 2.45) is 0 Å². The van der Waals surface area contributed by atoms with Gasteiger partial charge in [0.25, 0.3) is 0 Å². The van der Waals surface area contributed by atoms with E-state index in [2.05, 4.69) is 20.6 Å². The van der Waals surface area contributed by atoms with Gasteiger partial charge in [0.15, 0.2) is 17.3 Å². The number of phenols is 1. The van der Waals surface area contributed by atoms with E-state index in [4.69, 9.17) is 16.7 Å². The Bertz CT molecular complexity index is 1220. The van der Waals surface area contributed by atoms with Gasteiger partial charge >= 0.3 is 6.09 Å². The number of nitrogens with one attached hydrogen (secondary N) is 2. The lowest BCUT2D eigenvalue weighted by atomic mass is 9.90. The third-order valence-corrected chi connectivity index (χ3v) is 6.10. The van der Waals surface area contributed by atoms with E-state index in [1.165, 1.54) is 19.2 Å². The molecule has 8 nitrogen and oxygen atoms in total. The highest BCUT2D eigenvalue weighted by atomic mass is 35.5. The summed E-state index contributed by atoms with van der Waals surface area (Å²) < 4.78 is 14.0. The van der Waals surface area contributed by atoms with E-state index in [1.54, 1.807) is 12.1 Å². The lowest BCUT2D eigenvalue weighted by Gasteiger charge is -2.30. The predicted octanol–water partition coefficient (Wildman–Crippen LogP) is 4.99. The Labute approximate surface area is 193 Å². The largest absolute Gasteiger partial charge is 0.504 e. The predicted molar refractivity (Wildman–Crippen MR) is 122 cm³/mol. The normalized spacial score (nSPS) is 18.2. The Morgan fingerprint density at radius 2 is 1.85 bits per heavy atom. The molecule has 1 saturated carbocycles. The fraction of sp³-hybridized carbons (Fsp3) is 0.304. The van der Waals surface area contributed by atoms with E-state index in [0.717, 1.165) is 6.07 Å². The number of carboxylic acid groups (broad SMARTS) is 1. The number of aromatic nitrogens is 2. The van der Waals surface area contributed by atoms with Crippen molar-refractivity contribution in [2.75, 3.05) is 5.32 Å². The second kappa shape index (κ2) is 9.19. The van der Waals surface area contributed by atoms with Gasteiger partial charge in [-0.3, -0.25) is 9.78 Å². The number of anilines is 1. The number of phenolic OH excluding ortho intramolecular Hbond substituents is 1. The van der Waals surface area contributed by atoms with Crippen LogP contribution in [0.25, 0.3) is 22.3 Å². The molecule has 0 atom stereocenters. The minimum absolute atomic E-state index is 0.0200. The van der Waals surface area contributed by atoms with Crippen molar-refractivity contribution in [3.05, 3.63) is 46.9 Å². The van der Waals surface area contributed by atoms with Crippen LogP contribution in [0, 0.1) is 5.82 Å². The molecule has 1 aliphatic carbocycles. The Balaban J connectivity index is 1.71. The fourth-order valence-electron chi connectivity index (χ4n) is 4.11. The summed E-state index contributed by atoms with van der Waals surface area (Å²) in [7, 11) is 0. The quantitative estimate of drug-likeness (QED) is 0.385. The first-order valence-corrected chi connectivity index (χ1v) is 10.9. The summed E-state index contributed by atoms with van der Waals surface area (Å²) in [5.74, 6) is -1.67. The Kier molecular flexibility index (Phi) is 6.33. The highest BCUT2D eigenvalue weighted by Crippen LogP contribution is 2.34. The number of aromatic hydroxyl groups is 1. The molecular formula is C23H22ClFN4O4. The number of halogens is 2. The first-order valence-electron chi connectivity index (χ1n) is 10.5. The van der Waals surface area contributed by atoms with E-state index < -0.39 is 17.7 Å². The van der Waals surface area contributed by atoms with E-state index in [1.807, 2.05) is 0 Å². The van der Waals surface area contributed by atoms with Gasteiger partial charge in [-0.05, 0) is 56.9 Å². The summed E-state index contributed by atoms with van der Waals surface area (Å²) in [6.45, 7) is 1.45. The lowest BCUT2D eigenvalue weighted by molar-refractivity contribution is 0.101. The summed E-state index contributed by atoms with van der Waals surface area (Å²) in [5, 5.41) is 24.4. The number of hydrogen-bond donors (Lipinski definition) is 4. The van der Waals surface area contributed by atoms with Crippen molar-refractivity contribution in [1.29, 1.82) is 0 Å². The van der Waals surface area contributed by atoms with E-state index >= 15 is 0 Å². The van der Waals surface area contributed by atoms with E-state index in [0.29, 0.717) is 59.2 Å². The third kappa shape index (κ3) is 4.83. The summed E-state index contributed by atoms with van der Waals surface area (Å²) in [5.41, 5.74) is 2.70. The number of Topliss-reactive ketones (excluding diaryl/α,β-unsaturated/α-hetero) is 1. The van der Waals surface area contributed by atoms with Crippen molar-refractivity contribution >= 4 is 40.2 Å². The maximum atomic E-state index is 14.0. The number of carbonyl (C=O) groups excluding carboxylic acids is 1. The zero-order chi connectivity index (χ0) is 23.7. The summed E-state index contributed by atoms with van der Waals surface area (Å²) in [6.07, 6.45) is 3.24. The number of carbonyl (C=O) groups is 2. The number of pyridine rings is 2. The molecule has 4 N–H and O–H groups in total. The van der Waals surface area contributed by atoms with Crippen LogP contribution in [0.5, 0.6) is 5.75 Å². The number of amides is 1. The van der Waals surface area contributed by atoms with Gasteiger partial charge in [0.05, 0.1) is 27.5 Å². The van der Waals surface area contributed by atoms with Crippen molar-refractivity contribution in [1.82, 2.24) is 15.3 Å². The molecule has 33 heavy (non-hydrogen) atoms. The lowest BCUT2D eigenvalue weighted by Crippen LogP contribution is -2.39. The fourth-order valence-corrected chi connectivity index (χ4v) is 4.32. The molecule has 4 rings (SSSR count). The number of rotatable bonds is 5. The smallest absolute Gasteiger partial charge is 0.404 e. The topological polar surface area (TPSA) is 124 Å². The molecule has 0 unspecified atom stereocenters. The summed E-state index contributed by atoms with van der Waals surface area (Å²) >= 11 is 5.93. The van der Waals surface area contributed by atoms with Crippen molar-refractivity contribution < 1.29 is 24.2 Å². The van der Waals surface area contributed by atoms with Crippen LogP contribution >= 0.6 is 11.6 Å². The van der Waals surface area contributed by atoms with Crippen molar-refractivity contribution in [2.45, 2.75) is 44.7 Å². The van der Waals surface area contributed by atoms with Crippen LogP contribution in [0.3, 0.4) is 0 Å². The second-order valence-corrected chi connectivity index (χ2v) is 8.51. The van der Waals surface area contributed by atoms with Crippen LogP contribution in [-0.2, 0) is 0 Å². The molecule has 1 fully saturated rings. The van der Waals surface area contributed by atoms with Crippen LogP contribution in [0.1, 0.15) is 43.0 Å². The number of ketones is 1. The van der Waals surface area contributed by atoms with Crippen LogP contribution in [0.4, 0.5) is 14.9 Å². The maximum Gasteiger partial charge on any atom is 0.404 e. The average Bonchev–Trinajstić information content (AvgIpc) is 2.77. The zero-order valence-electron chi connectivity index (χ0n) is 17.7. The van der Waals surface area contributed by atoms with Crippen LogP contribution < -0.4 is 10.6 Å². The highest BCUT2D eigenvalue weighted by molar-refractivity contribution is 6.32. The van der Waals surface area contributed by atoms with Gasteiger partial charge in [0.1, 0.15) is 5.52 Å². The second-order valence-electron chi connectivity index (χ2n) is 8.10. The standard InChI is InChI=1S/C23H22ClFN4O4/c1-11(30)15-10-26-19-7-6-18(12-8-16(24)22(31)17(25)9-12)29-21(19)20(15)27-13-2-4-14(5-3-13)28-23(32)33/h6-10,13-14,28,31H,2-5H2,1H3,(H,26,27)(H,32,33). The Morgan fingerprint density at radius 1 is 1.15 bits per heavy atom. The first kappa shape index (κ1) is 22.7. The van der Waals surface area contributed by atoms with Gasteiger partial charge in [-0.2, -0.15) is 0 Å². The summed E-state index contributed by atoms with van der Waals surface area (Å²) in [6, 6.07) is 5.87. The average molecular weight is 473 g/mol. The molecule has 10 heteroatoms. The van der Waals surface area contributed by atoms with Gasteiger partial charge in [-0.1, -0.05) is 11.6 Å². The van der Waals surface area contributed by atoms with Crippen LogP contribution in [-0.4, -0.2) is 44.1 Å². The van der Waals surface area contributed by atoms with Crippen LogP contribution in [0.2, 0.25) is 5.02 Å². The molecule has 0 radical (unpaired) electrons. The molecule has 172 valence electrons. The molecule has 2 aromatic heterocycles. The van der Waals surface area contributed by atoms with Gasteiger partial charge in [-0.25, -0.2) is 14.2 Å². The maximum absolute atomic E-state index is 14.0. The molecule has 0 saturated heterocycles. The van der Waals surface area contributed by atoms with Gasteiger partial charge < -0.3 is 20.8 Å². The van der Waals surface area contributed by atoms with Crippen molar-refractivity contribution in [3.63, 3.8) is 0 Å². The van der Waals surface area contributed by atoms with Gasteiger partial charge in [0, 0.05) is 23.8 Å². The Hall–Kier alpha value is -3.46. The third-order valence-electron chi connectivity index (χ3n) is 5.81. The van der Waals surface area contributed by atoms with E-state index in [-0.39, 0.29) is 22.9 Å². The molecule has 2 heterocycles. The molecule has 0 bridgehead atoms. The Morgan fingerprint density at radius 3 is 2.48 bits per heavy atom. The SMILES string of the molecule is CC(=O)c1cnc2ccc(-c3cc(F)c(O)c(Cl)c3)nc2c1NC1CCC(NC(=O)O)CC1. The summed E-state index contributed by atoms with van der Waals surface area (Å²) in [4.78, 5) is 32.2. The molecule has 3 aromatic rings. The first-order chi connectivity index (χ1) is 15.7. The zero-order valence-corrected chi connectivity index (χ0v) is 18.5. The van der Waals surface area contributed by atoms with Crippen molar-refractivity contribution in [3.8, 4) is 17.0 Å². The number of benzene rings is 1. The molecule has 1 amide bonds. The molecule has 0 spiro atoms.